The van der Waals surface area contributed by atoms with Crippen molar-refractivity contribution in [3.05, 3.63) is 39.8 Å². The van der Waals surface area contributed by atoms with Crippen LogP contribution in [0, 0.1) is 0 Å². The molecule has 0 spiro atoms. The first kappa shape index (κ1) is 19.0. The number of thiazole rings is 1. The molecule has 7 heteroatoms. The second-order valence-corrected chi connectivity index (χ2v) is 6.73. The van der Waals surface area contributed by atoms with E-state index in [1.807, 2.05) is 35.6 Å². The topological polar surface area (TPSA) is 72.5 Å². The van der Waals surface area contributed by atoms with Crippen LogP contribution < -0.4 is 15.8 Å². The molecule has 0 saturated carbocycles. The van der Waals surface area contributed by atoms with Gasteiger partial charge in [-0.3, -0.25) is 4.99 Å². The van der Waals surface area contributed by atoms with Gasteiger partial charge in [-0.25, -0.2) is 4.98 Å². The van der Waals surface area contributed by atoms with Crippen LogP contribution in [-0.2, 0) is 19.3 Å². The summed E-state index contributed by atoms with van der Waals surface area (Å²) >= 11 is 1.84. The van der Waals surface area contributed by atoms with Crippen molar-refractivity contribution < 1.29 is 4.74 Å². The van der Waals surface area contributed by atoms with E-state index in [-0.39, 0.29) is 24.0 Å². The lowest BCUT2D eigenvalue weighted by atomic mass is 10.0. The highest BCUT2D eigenvalue weighted by Gasteiger charge is 2.14. The van der Waals surface area contributed by atoms with E-state index in [2.05, 4.69) is 10.3 Å². The van der Waals surface area contributed by atoms with Crippen LogP contribution in [0.15, 0.2) is 29.3 Å². The maximum Gasteiger partial charge on any atom is 0.193 e. The molecule has 5 nitrogen and oxygen atoms in total. The maximum absolute atomic E-state index is 5.94. The second-order valence-electron chi connectivity index (χ2n) is 5.56. The fourth-order valence-corrected chi connectivity index (χ4v) is 3.82. The molecule has 1 aliphatic rings. The van der Waals surface area contributed by atoms with E-state index in [1.165, 1.54) is 34.8 Å². The molecule has 0 bridgehead atoms. The molecule has 0 amide bonds. The van der Waals surface area contributed by atoms with Gasteiger partial charge in [-0.05, 0) is 37.8 Å². The van der Waals surface area contributed by atoms with Crippen LogP contribution in [0.4, 0.5) is 5.69 Å². The van der Waals surface area contributed by atoms with Gasteiger partial charge in [-0.2, -0.15) is 0 Å². The average Bonchev–Trinajstić information content (AvgIpc) is 2.97. The zero-order valence-electron chi connectivity index (χ0n) is 13.7. The predicted molar refractivity (Wildman–Crippen MR) is 111 cm³/mol. The normalized spacial score (nSPS) is 13.8. The minimum Gasteiger partial charge on any atom is -0.497 e. The van der Waals surface area contributed by atoms with Crippen LogP contribution in [0.5, 0.6) is 5.75 Å². The Hall–Kier alpha value is -1.35. The van der Waals surface area contributed by atoms with Gasteiger partial charge in [-0.1, -0.05) is 6.07 Å². The van der Waals surface area contributed by atoms with Gasteiger partial charge in [0.1, 0.15) is 5.75 Å². The minimum absolute atomic E-state index is 0. The van der Waals surface area contributed by atoms with Crippen molar-refractivity contribution in [3.63, 3.8) is 0 Å². The van der Waals surface area contributed by atoms with Crippen LogP contribution in [-0.4, -0.2) is 24.6 Å². The van der Waals surface area contributed by atoms with E-state index >= 15 is 0 Å². The van der Waals surface area contributed by atoms with Gasteiger partial charge in [0.15, 0.2) is 5.96 Å². The van der Waals surface area contributed by atoms with E-state index in [0.29, 0.717) is 12.5 Å². The molecule has 0 fully saturated rings. The Kier molecular flexibility index (Phi) is 7.29. The summed E-state index contributed by atoms with van der Waals surface area (Å²) in [5.74, 6) is 1.20. The molecule has 2 aromatic rings. The SMILES string of the molecule is COc1cccc(NC(N)=NCCc2nc3c(s2)CCCC3)c1.I. The third kappa shape index (κ3) is 5.07. The molecule has 1 aromatic heterocycles. The van der Waals surface area contributed by atoms with Crippen molar-refractivity contribution in [2.75, 3.05) is 19.0 Å². The van der Waals surface area contributed by atoms with E-state index in [9.17, 15) is 0 Å². The van der Waals surface area contributed by atoms with Crippen LogP contribution >= 0.6 is 35.3 Å². The maximum atomic E-state index is 5.94. The summed E-state index contributed by atoms with van der Waals surface area (Å²) in [5.41, 5.74) is 8.12. The van der Waals surface area contributed by atoms with E-state index in [0.717, 1.165) is 24.3 Å². The lowest BCUT2D eigenvalue weighted by Gasteiger charge is -2.07. The first-order valence-corrected chi connectivity index (χ1v) is 8.74. The van der Waals surface area contributed by atoms with Crippen LogP contribution in [0.3, 0.4) is 0 Å². The van der Waals surface area contributed by atoms with Gasteiger partial charge in [0.25, 0.3) is 0 Å². The summed E-state index contributed by atoms with van der Waals surface area (Å²) in [4.78, 5) is 10.6. The first-order valence-electron chi connectivity index (χ1n) is 7.93. The summed E-state index contributed by atoms with van der Waals surface area (Å²) in [7, 11) is 1.64. The fourth-order valence-electron chi connectivity index (χ4n) is 2.67. The van der Waals surface area contributed by atoms with E-state index < -0.39 is 0 Å². The largest absolute Gasteiger partial charge is 0.497 e. The number of fused-ring (bicyclic) bond motifs is 1. The summed E-state index contributed by atoms with van der Waals surface area (Å²) in [6.45, 7) is 0.648. The molecular weight excluding hydrogens is 435 g/mol. The molecule has 1 aliphatic carbocycles. The number of benzene rings is 1. The highest BCUT2D eigenvalue weighted by Crippen LogP contribution is 2.26. The third-order valence-electron chi connectivity index (χ3n) is 3.84. The number of nitrogens with zero attached hydrogens (tertiary/aromatic N) is 2. The molecule has 0 aliphatic heterocycles. The Bertz CT molecular complexity index is 678. The average molecular weight is 458 g/mol. The van der Waals surface area contributed by atoms with Gasteiger partial charge in [0.05, 0.1) is 17.8 Å². The molecule has 24 heavy (non-hydrogen) atoms. The Labute approximate surface area is 163 Å². The van der Waals surface area contributed by atoms with Gasteiger partial charge in [0.2, 0.25) is 0 Å². The van der Waals surface area contributed by atoms with Crippen molar-refractivity contribution in [3.8, 4) is 5.75 Å². The Morgan fingerprint density at radius 2 is 2.21 bits per heavy atom. The van der Waals surface area contributed by atoms with Gasteiger partial charge >= 0.3 is 0 Å². The van der Waals surface area contributed by atoms with Crippen LogP contribution in [0.25, 0.3) is 0 Å². The molecule has 3 rings (SSSR count). The Morgan fingerprint density at radius 1 is 1.38 bits per heavy atom. The molecule has 1 heterocycles. The van der Waals surface area contributed by atoms with E-state index in [1.54, 1.807) is 7.11 Å². The highest BCUT2D eigenvalue weighted by molar-refractivity contribution is 14.0. The summed E-state index contributed by atoms with van der Waals surface area (Å²) < 4.78 is 5.19. The zero-order chi connectivity index (χ0) is 16.1. The number of hydrogen-bond acceptors (Lipinski definition) is 4. The predicted octanol–water partition coefficient (Wildman–Crippen LogP) is 3.62. The number of methoxy groups -OCH3 is 1. The number of aromatic nitrogens is 1. The number of nitrogens with two attached hydrogens (primary N) is 1. The van der Waals surface area contributed by atoms with Crippen molar-refractivity contribution in [2.24, 2.45) is 10.7 Å². The zero-order valence-corrected chi connectivity index (χ0v) is 16.9. The number of aryl methyl sites for hydroxylation is 2. The van der Waals surface area contributed by atoms with Crippen molar-refractivity contribution in [1.82, 2.24) is 4.98 Å². The smallest absolute Gasteiger partial charge is 0.193 e. The second kappa shape index (κ2) is 9.22. The van der Waals surface area contributed by atoms with Crippen molar-refractivity contribution in [1.29, 1.82) is 0 Å². The minimum atomic E-state index is 0. The van der Waals surface area contributed by atoms with E-state index in [4.69, 9.17) is 15.5 Å². The molecule has 130 valence electrons. The lowest BCUT2D eigenvalue weighted by molar-refractivity contribution is 0.415. The van der Waals surface area contributed by atoms with Crippen LogP contribution in [0.2, 0.25) is 0 Å². The number of rotatable bonds is 5. The van der Waals surface area contributed by atoms with Crippen molar-refractivity contribution in [2.45, 2.75) is 32.1 Å². The van der Waals surface area contributed by atoms with Crippen molar-refractivity contribution >= 4 is 47.0 Å². The Balaban J connectivity index is 0.00000208. The summed E-state index contributed by atoms with van der Waals surface area (Å²) in [6, 6.07) is 7.62. The highest BCUT2D eigenvalue weighted by atomic mass is 127. The number of ether oxygens (including phenoxy) is 1. The number of hydrogen-bond donors (Lipinski definition) is 2. The monoisotopic (exact) mass is 458 g/mol. The number of aliphatic imine (C=N–C) groups is 1. The number of halogens is 1. The molecule has 0 atom stereocenters. The number of anilines is 1. The molecule has 0 unspecified atom stereocenters. The van der Waals surface area contributed by atoms with Gasteiger partial charge in [-0.15, -0.1) is 35.3 Å². The summed E-state index contributed by atoms with van der Waals surface area (Å²) in [5, 5.41) is 4.26. The molecule has 0 radical (unpaired) electrons. The standard InChI is InChI=1S/C17H22N4OS.HI/c1-22-13-6-4-5-12(11-13)20-17(18)19-10-9-16-21-14-7-2-3-8-15(14)23-16;/h4-6,11H,2-3,7-10H2,1H3,(H3,18,19,20);1H. The molecule has 1 aromatic carbocycles. The molecular formula is C17H23IN4OS. The Morgan fingerprint density at radius 3 is 3.00 bits per heavy atom. The summed E-state index contributed by atoms with van der Waals surface area (Å²) in [6.07, 6.45) is 5.73. The van der Waals surface area contributed by atoms with Gasteiger partial charge in [0, 0.05) is 29.6 Å². The quantitative estimate of drug-likeness (QED) is 0.408. The number of guanidine groups is 1. The number of nitrogens with one attached hydrogen (secondary N) is 1. The molecule has 0 saturated heterocycles. The van der Waals surface area contributed by atoms with Gasteiger partial charge < -0.3 is 15.8 Å². The molecule has 3 N–H and O–H groups in total. The fraction of sp³-hybridized carbons (Fsp3) is 0.412. The van der Waals surface area contributed by atoms with Crippen LogP contribution in [0.1, 0.15) is 28.4 Å². The third-order valence-corrected chi connectivity index (χ3v) is 5.06. The first-order chi connectivity index (χ1) is 11.2. The lowest BCUT2D eigenvalue weighted by Crippen LogP contribution is -2.23.